The Balaban J connectivity index is 1.79. The molecule has 9 nitrogen and oxygen atoms in total. The lowest BCUT2D eigenvalue weighted by Gasteiger charge is -2.20. The molecule has 0 aliphatic carbocycles. The highest BCUT2D eigenvalue weighted by atomic mass is 32.2. The van der Waals surface area contributed by atoms with Gasteiger partial charge in [-0.05, 0) is 37.6 Å². The van der Waals surface area contributed by atoms with Crippen molar-refractivity contribution in [3.05, 3.63) is 48.9 Å². The number of aromatic nitrogens is 1. The number of aliphatic carboxylic acids is 1. The van der Waals surface area contributed by atoms with E-state index in [4.69, 9.17) is 17.0 Å². The second-order valence-electron chi connectivity index (χ2n) is 8.54. The molecule has 0 radical (unpaired) electrons. The van der Waals surface area contributed by atoms with Crippen LogP contribution in [-0.2, 0) is 20.9 Å². The first-order valence-electron chi connectivity index (χ1n) is 12.4. The lowest BCUT2D eigenvalue weighted by molar-refractivity contribution is -0.138. The van der Waals surface area contributed by atoms with E-state index in [2.05, 4.69) is 11.8 Å². The van der Waals surface area contributed by atoms with Crippen molar-refractivity contribution in [1.29, 1.82) is 0 Å². The van der Waals surface area contributed by atoms with E-state index in [1.54, 1.807) is 26.0 Å². The Morgan fingerprint density at radius 1 is 1.10 bits per heavy atom. The third-order valence-electron chi connectivity index (χ3n) is 5.90. The first-order chi connectivity index (χ1) is 18.7. The van der Waals surface area contributed by atoms with Crippen molar-refractivity contribution in [2.75, 3.05) is 18.0 Å². The number of carbonyl (C=O) groups excluding carboxylic acids is 2. The van der Waals surface area contributed by atoms with E-state index in [1.807, 2.05) is 18.2 Å². The molecule has 2 aliphatic rings. The summed E-state index contributed by atoms with van der Waals surface area (Å²) in [6, 6.07) is 5.51. The van der Waals surface area contributed by atoms with E-state index in [9.17, 15) is 24.3 Å². The average molecular weight is 606 g/mol. The number of carboxylic acids is 1. The number of rotatable bonds is 9. The van der Waals surface area contributed by atoms with Crippen LogP contribution < -0.4 is 24.4 Å². The molecule has 1 saturated heterocycles. The van der Waals surface area contributed by atoms with E-state index < -0.39 is 18.1 Å². The summed E-state index contributed by atoms with van der Waals surface area (Å²) in [5.74, 6) is -1.35. The molecule has 4 rings (SSSR count). The molecular formula is C26H27N3O6S4. The lowest BCUT2D eigenvalue weighted by Crippen LogP contribution is -2.35. The highest BCUT2D eigenvalue weighted by molar-refractivity contribution is 8.30. The van der Waals surface area contributed by atoms with Crippen molar-refractivity contribution < 1.29 is 24.2 Å². The second-order valence-corrected chi connectivity index (χ2v) is 12.3. The summed E-state index contributed by atoms with van der Waals surface area (Å²) >= 11 is 9.00. The number of anilines is 1. The fourth-order valence-corrected chi connectivity index (χ4v) is 7.60. The Morgan fingerprint density at radius 2 is 1.87 bits per heavy atom. The Kier molecular flexibility index (Phi) is 9.36. The number of hydrogen-bond donors (Lipinski definition) is 1. The van der Waals surface area contributed by atoms with Gasteiger partial charge in [-0.1, -0.05) is 56.0 Å². The highest BCUT2D eigenvalue weighted by Crippen LogP contribution is 2.47. The van der Waals surface area contributed by atoms with Crippen LogP contribution in [0.4, 0.5) is 5.69 Å². The van der Waals surface area contributed by atoms with Crippen LogP contribution in [0.2, 0.25) is 0 Å². The molecular weight excluding hydrogens is 579 g/mol. The molecule has 3 heterocycles. The van der Waals surface area contributed by atoms with E-state index in [1.165, 1.54) is 16.7 Å². The number of carbonyl (C=O) groups is 3. The zero-order valence-electron chi connectivity index (χ0n) is 21.6. The average Bonchev–Trinajstić information content (AvgIpc) is 3.51. The molecule has 206 valence electrons. The van der Waals surface area contributed by atoms with Gasteiger partial charge in [0.2, 0.25) is 0 Å². The molecule has 0 spiro atoms. The van der Waals surface area contributed by atoms with Crippen LogP contribution in [-0.4, -0.2) is 49.8 Å². The maximum absolute atomic E-state index is 13.3. The number of thioether (sulfide) groups is 2. The number of amides is 1. The zero-order chi connectivity index (χ0) is 28.3. The number of ether oxygens (including phenoxy) is 1. The maximum Gasteiger partial charge on any atom is 0.323 e. The van der Waals surface area contributed by atoms with Gasteiger partial charge >= 0.3 is 11.9 Å². The number of esters is 1. The Labute approximate surface area is 242 Å². The third kappa shape index (κ3) is 6.16. The van der Waals surface area contributed by atoms with Crippen LogP contribution in [0.1, 0.15) is 40.0 Å². The van der Waals surface area contributed by atoms with E-state index >= 15 is 0 Å². The van der Waals surface area contributed by atoms with Crippen molar-refractivity contribution in [3.63, 3.8) is 0 Å². The summed E-state index contributed by atoms with van der Waals surface area (Å²) in [6.45, 7) is 6.20. The molecule has 13 heteroatoms. The van der Waals surface area contributed by atoms with Crippen LogP contribution in [0.5, 0.6) is 5.75 Å². The Morgan fingerprint density at radius 3 is 2.51 bits per heavy atom. The topological polar surface area (TPSA) is 109 Å². The number of nitrogens with zero attached hydrogens (tertiary/aromatic N) is 3. The molecule has 1 aromatic heterocycles. The molecule has 1 aromatic carbocycles. The number of carboxylic acid groups (broad SMARTS) is 1. The van der Waals surface area contributed by atoms with E-state index in [-0.39, 0.29) is 27.9 Å². The predicted octanol–water partition coefficient (Wildman–Crippen LogP) is 3.33. The smallest absolute Gasteiger partial charge is 0.323 e. The molecule has 2 aliphatic heterocycles. The van der Waals surface area contributed by atoms with Crippen LogP contribution in [0.25, 0.3) is 11.0 Å². The van der Waals surface area contributed by atoms with Gasteiger partial charge in [-0.25, -0.2) is 0 Å². The molecule has 0 atom stereocenters. The molecule has 39 heavy (non-hydrogen) atoms. The number of fused-ring (bicyclic) bond motifs is 1. The lowest BCUT2D eigenvalue weighted by atomic mass is 10.2. The SMILES string of the molecule is CCCCN1C(=CC=c2sc(=C3SC(=S)N(CC)C3=O)n(CC(=O)O)c2=O)Sc2ccc(OC(=O)CC)cc21. The van der Waals surface area contributed by atoms with Crippen molar-refractivity contribution in [2.24, 2.45) is 0 Å². The molecule has 0 unspecified atom stereocenters. The van der Waals surface area contributed by atoms with Crippen LogP contribution >= 0.6 is 47.1 Å². The normalized spacial score (nSPS) is 17.9. The van der Waals surface area contributed by atoms with E-state index in [0.29, 0.717) is 21.1 Å². The standard InChI is InChI=1S/C26H27N3O6S4/c1-4-7-12-28-16-13-15(35-21(32)5-2)8-9-17(16)37-19(28)11-10-18-23(33)29(14-20(30)31)25(38-18)22-24(34)27(6-3)26(36)39-22/h8-11,13H,4-7,12,14H2,1-3H3,(H,30,31). The number of unbranched alkanes of at least 4 members (excludes halogenated alkanes) is 1. The monoisotopic (exact) mass is 605 g/mol. The summed E-state index contributed by atoms with van der Waals surface area (Å²) in [5, 5.41) is 10.3. The molecule has 1 N–H and O–H groups in total. The van der Waals surface area contributed by atoms with Gasteiger partial charge < -0.3 is 14.7 Å². The summed E-state index contributed by atoms with van der Waals surface area (Å²) in [6.07, 6.45) is 5.68. The van der Waals surface area contributed by atoms with Gasteiger partial charge in [-0.2, -0.15) is 0 Å². The second kappa shape index (κ2) is 12.5. The van der Waals surface area contributed by atoms with Gasteiger partial charge in [0.05, 0.1) is 15.2 Å². The number of thiazole rings is 1. The summed E-state index contributed by atoms with van der Waals surface area (Å²) in [5.41, 5.74) is 0.437. The molecule has 0 bridgehead atoms. The van der Waals surface area contributed by atoms with Gasteiger partial charge in [0, 0.05) is 30.5 Å². The summed E-state index contributed by atoms with van der Waals surface area (Å²) in [4.78, 5) is 54.4. The fraction of sp³-hybridized carbons (Fsp3) is 0.346. The van der Waals surface area contributed by atoms with Gasteiger partial charge in [-0.3, -0.25) is 28.6 Å². The zero-order valence-corrected chi connectivity index (χ0v) is 24.9. The molecule has 0 saturated carbocycles. The summed E-state index contributed by atoms with van der Waals surface area (Å²) < 4.78 is 7.51. The Hall–Kier alpha value is -2.87. The van der Waals surface area contributed by atoms with Gasteiger partial charge in [0.15, 0.2) is 0 Å². The highest BCUT2D eigenvalue weighted by Gasteiger charge is 2.33. The van der Waals surface area contributed by atoms with Crippen LogP contribution in [0.3, 0.4) is 0 Å². The van der Waals surface area contributed by atoms with Crippen LogP contribution in [0, 0.1) is 0 Å². The quantitative estimate of drug-likeness (QED) is 0.260. The minimum atomic E-state index is -1.18. The van der Waals surface area contributed by atoms with Crippen molar-refractivity contribution in [2.45, 2.75) is 51.5 Å². The minimum absolute atomic E-state index is 0.263. The van der Waals surface area contributed by atoms with Gasteiger partial charge in [0.1, 0.15) is 26.2 Å². The first-order valence-corrected chi connectivity index (χ1v) is 15.3. The summed E-state index contributed by atoms with van der Waals surface area (Å²) in [7, 11) is 0. The largest absolute Gasteiger partial charge is 0.480 e. The van der Waals surface area contributed by atoms with Gasteiger partial charge in [-0.15, -0.1) is 11.3 Å². The number of thiocarbonyl (C=S) groups is 1. The molecule has 1 amide bonds. The Bertz CT molecular complexity index is 1560. The van der Waals surface area contributed by atoms with Crippen LogP contribution in [0.15, 0.2) is 39.0 Å². The fourth-order valence-electron chi connectivity index (χ4n) is 3.95. The van der Waals surface area contributed by atoms with Crippen molar-refractivity contribution in [3.8, 4) is 5.75 Å². The molecule has 1 fully saturated rings. The van der Waals surface area contributed by atoms with Crippen molar-refractivity contribution >= 4 is 85.9 Å². The minimum Gasteiger partial charge on any atom is -0.480 e. The van der Waals surface area contributed by atoms with E-state index in [0.717, 1.165) is 62.7 Å². The first kappa shape index (κ1) is 29.1. The predicted molar refractivity (Wildman–Crippen MR) is 159 cm³/mol. The number of hydrogen-bond acceptors (Lipinski definition) is 10. The third-order valence-corrected chi connectivity index (χ3v) is 9.74. The number of benzene rings is 1. The van der Waals surface area contributed by atoms with Gasteiger partial charge in [0.25, 0.3) is 11.5 Å². The maximum atomic E-state index is 13.3. The number of allylic oxidation sites excluding steroid dienone is 1. The molecule has 2 aromatic rings. The van der Waals surface area contributed by atoms with Crippen molar-refractivity contribution in [1.82, 2.24) is 9.47 Å².